The van der Waals surface area contributed by atoms with Gasteiger partial charge in [0.05, 0.1) is 11.1 Å². The molecule has 5 rings (SSSR count). The molecule has 0 saturated carbocycles. The highest BCUT2D eigenvalue weighted by atomic mass is 32.1. The largest absolute Gasteiger partial charge is 0.369 e. The molecule has 2 aliphatic rings. The molecule has 1 aromatic heterocycles. The molecule has 6 nitrogen and oxygen atoms in total. The average molecular weight is 486 g/mol. The summed E-state index contributed by atoms with van der Waals surface area (Å²) in [5.41, 5.74) is 6.15. The van der Waals surface area contributed by atoms with Crippen molar-refractivity contribution in [1.82, 2.24) is 15.2 Å². The first-order chi connectivity index (χ1) is 17.0. The van der Waals surface area contributed by atoms with Gasteiger partial charge in [-0.3, -0.25) is 5.32 Å². The fourth-order valence-corrected chi connectivity index (χ4v) is 5.56. The molecule has 0 bridgehead atoms. The molecule has 7 heteroatoms. The number of nitrogens with zero attached hydrogens (tertiary/aromatic N) is 3. The molecule has 1 saturated heterocycles. The minimum absolute atomic E-state index is 0.125. The molecule has 2 aliphatic heterocycles. The summed E-state index contributed by atoms with van der Waals surface area (Å²) in [4.78, 5) is 22.0. The summed E-state index contributed by atoms with van der Waals surface area (Å²) in [6.45, 7) is 9.45. The number of urea groups is 1. The molecule has 1 atom stereocenters. The highest BCUT2D eigenvalue weighted by Crippen LogP contribution is 2.34. The number of hydrogen-bond donors (Lipinski definition) is 2. The molecule has 0 unspecified atom stereocenters. The van der Waals surface area contributed by atoms with Crippen LogP contribution in [0, 0.1) is 19.3 Å². The van der Waals surface area contributed by atoms with Crippen LogP contribution in [0.5, 0.6) is 0 Å². The Morgan fingerprint density at radius 3 is 2.66 bits per heavy atom. The summed E-state index contributed by atoms with van der Waals surface area (Å²) in [7, 11) is 0. The van der Waals surface area contributed by atoms with Crippen LogP contribution in [0.3, 0.4) is 0 Å². The minimum Gasteiger partial charge on any atom is -0.369 e. The Labute approximate surface area is 211 Å². The van der Waals surface area contributed by atoms with E-state index in [1.54, 1.807) is 0 Å². The van der Waals surface area contributed by atoms with Crippen LogP contribution in [0.25, 0.3) is 0 Å². The number of thiazole rings is 1. The molecular formula is C28H31N5OS. The van der Waals surface area contributed by atoms with Crippen molar-refractivity contribution in [2.24, 2.45) is 0 Å². The molecule has 2 N–H and O–H groups in total. The van der Waals surface area contributed by atoms with E-state index in [4.69, 9.17) is 11.4 Å². The van der Waals surface area contributed by atoms with E-state index in [0.29, 0.717) is 18.2 Å². The fourth-order valence-electron chi connectivity index (χ4n) is 4.76. The number of hydrogen-bond acceptors (Lipinski definition) is 5. The zero-order valence-corrected chi connectivity index (χ0v) is 21.1. The first-order valence-electron chi connectivity index (χ1n) is 12.1. The number of aryl methyl sites for hydroxylation is 1. The summed E-state index contributed by atoms with van der Waals surface area (Å²) < 4.78 is 0. The number of fused-ring (bicyclic) bond motifs is 1. The van der Waals surface area contributed by atoms with Gasteiger partial charge < -0.3 is 15.1 Å². The summed E-state index contributed by atoms with van der Waals surface area (Å²) in [6, 6.07) is 14.7. The standard InChI is InChI=1S/C28H31N5OS/c1-4-28(3,23-8-5-20(2)6-9-23)25-19-35-26(30-25)31-27(34)33-14-11-21-17-24(10-7-22(21)18-33)32-15-12-29-13-16-32/h1,5-10,17,19,29H,11-16,18H2,2-3H3,(H,30,31,34)/t28-/m0/s1. The molecule has 3 heterocycles. The van der Waals surface area contributed by atoms with Crippen LogP contribution in [0.15, 0.2) is 47.8 Å². The molecule has 35 heavy (non-hydrogen) atoms. The summed E-state index contributed by atoms with van der Waals surface area (Å²) in [6.07, 6.45) is 6.81. The number of rotatable bonds is 4. The normalized spacial score (nSPS) is 17.3. The topological polar surface area (TPSA) is 60.5 Å². The van der Waals surface area contributed by atoms with Gasteiger partial charge in [-0.2, -0.15) is 0 Å². The van der Waals surface area contributed by atoms with E-state index in [1.165, 1.54) is 33.7 Å². The third-order valence-corrected chi connectivity index (χ3v) is 7.88. The number of piperazine rings is 1. The second kappa shape index (κ2) is 9.73. The number of anilines is 2. The molecule has 0 spiro atoms. The Bertz CT molecular complexity index is 1260. The van der Waals surface area contributed by atoms with Crippen molar-refractivity contribution >= 4 is 28.2 Å². The Kier molecular flexibility index (Phi) is 6.50. The van der Waals surface area contributed by atoms with E-state index < -0.39 is 5.41 Å². The lowest BCUT2D eigenvalue weighted by molar-refractivity contribution is 0.206. The van der Waals surface area contributed by atoms with E-state index in [2.05, 4.69) is 58.7 Å². The second-order valence-electron chi connectivity index (χ2n) is 9.47. The van der Waals surface area contributed by atoms with Gasteiger partial charge in [0.25, 0.3) is 0 Å². The SMILES string of the molecule is C#C[C@@](C)(c1ccc(C)cc1)c1csc(NC(=O)N2CCc3cc(N4CCNCC4)ccc3C2)n1. The molecule has 2 aromatic carbocycles. The van der Waals surface area contributed by atoms with Crippen LogP contribution in [0.2, 0.25) is 0 Å². The quantitative estimate of drug-likeness (QED) is 0.538. The highest BCUT2D eigenvalue weighted by Gasteiger charge is 2.30. The number of carbonyl (C=O) groups excluding carboxylic acids is 1. The van der Waals surface area contributed by atoms with Crippen LogP contribution >= 0.6 is 11.3 Å². The number of amides is 2. The van der Waals surface area contributed by atoms with Crippen LogP contribution in [-0.4, -0.2) is 48.6 Å². The van der Waals surface area contributed by atoms with Crippen LogP contribution in [0.1, 0.15) is 34.9 Å². The van der Waals surface area contributed by atoms with Crippen LogP contribution in [-0.2, 0) is 18.4 Å². The van der Waals surface area contributed by atoms with Crippen molar-refractivity contribution in [2.75, 3.05) is 42.9 Å². The Balaban J connectivity index is 1.26. The third-order valence-electron chi connectivity index (χ3n) is 7.12. The lowest BCUT2D eigenvalue weighted by atomic mass is 9.80. The van der Waals surface area contributed by atoms with Gasteiger partial charge in [-0.05, 0) is 49.1 Å². The molecule has 0 radical (unpaired) electrons. The molecule has 0 aliphatic carbocycles. The molecular weight excluding hydrogens is 454 g/mol. The summed E-state index contributed by atoms with van der Waals surface area (Å²) >= 11 is 1.41. The van der Waals surface area contributed by atoms with Crippen molar-refractivity contribution in [3.8, 4) is 12.3 Å². The second-order valence-corrected chi connectivity index (χ2v) is 10.3. The minimum atomic E-state index is -0.653. The Morgan fingerprint density at radius 2 is 1.91 bits per heavy atom. The average Bonchev–Trinajstić information content (AvgIpc) is 3.37. The van der Waals surface area contributed by atoms with Crippen molar-refractivity contribution in [1.29, 1.82) is 0 Å². The maximum absolute atomic E-state index is 13.1. The Hall–Kier alpha value is -3.34. The van der Waals surface area contributed by atoms with E-state index in [1.807, 2.05) is 29.3 Å². The number of terminal acetylenes is 1. The Morgan fingerprint density at radius 1 is 1.14 bits per heavy atom. The number of carbonyl (C=O) groups is 1. The summed E-state index contributed by atoms with van der Waals surface area (Å²) in [5, 5.41) is 8.91. The van der Waals surface area contributed by atoms with Gasteiger partial charge in [0.15, 0.2) is 5.13 Å². The van der Waals surface area contributed by atoms with E-state index in [0.717, 1.165) is 43.9 Å². The van der Waals surface area contributed by atoms with Gasteiger partial charge in [-0.15, -0.1) is 17.8 Å². The van der Waals surface area contributed by atoms with Gasteiger partial charge in [0.1, 0.15) is 0 Å². The molecule has 180 valence electrons. The van der Waals surface area contributed by atoms with Crippen molar-refractivity contribution in [3.05, 3.63) is 75.8 Å². The van der Waals surface area contributed by atoms with Crippen molar-refractivity contribution in [2.45, 2.75) is 32.2 Å². The van der Waals surface area contributed by atoms with Crippen LogP contribution in [0.4, 0.5) is 15.6 Å². The van der Waals surface area contributed by atoms with E-state index in [-0.39, 0.29) is 6.03 Å². The molecule has 2 amide bonds. The third kappa shape index (κ3) is 4.77. The van der Waals surface area contributed by atoms with E-state index >= 15 is 0 Å². The smallest absolute Gasteiger partial charge is 0.323 e. The predicted octanol–water partition coefficient (Wildman–Crippen LogP) is 4.39. The highest BCUT2D eigenvalue weighted by molar-refractivity contribution is 7.14. The first-order valence-corrected chi connectivity index (χ1v) is 13.0. The number of aromatic nitrogens is 1. The van der Waals surface area contributed by atoms with Crippen molar-refractivity contribution < 1.29 is 4.79 Å². The number of benzene rings is 2. The lowest BCUT2D eigenvalue weighted by Crippen LogP contribution is -2.43. The van der Waals surface area contributed by atoms with Gasteiger partial charge >= 0.3 is 6.03 Å². The van der Waals surface area contributed by atoms with Gasteiger partial charge in [-0.25, -0.2) is 9.78 Å². The first kappa shape index (κ1) is 23.4. The zero-order chi connectivity index (χ0) is 24.4. The van der Waals surface area contributed by atoms with Gasteiger partial charge in [0, 0.05) is 50.3 Å². The molecule has 3 aromatic rings. The van der Waals surface area contributed by atoms with Gasteiger partial charge in [-0.1, -0.05) is 41.8 Å². The maximum atomic E-state index is 13.1. The predicted molar refractivity (Wildman–Crippen MR) is 143 cm³/mol. The molecule has 1 fully saturated rings. The maximum Gasteiger partial charge on any atom is 0.323 e. The van der Waals surface area contributed by atoms with Gasteiger partial charge in [0.2, 0.25) is 0 Å². The monoisotopic (exact) mass is 485 g/mol. The summed E-state index contributed by atoms with van der Waals surface area (Å²) in [5.74, 6) is 2.91. The fraction of sp³-hybridized carbons (Fsp3) is 0.357. The van der Waals surface area contributed by atoms with E-state index in [9.17, 15) is 4.79 Å². The van der Waals surface area contributed by atoms with Crippen molar-refractivity contribution in [3.63, 3.8) is 0 Å². The zero-order valence-electron chi connectivity index (χ0n) is 20.3. The van der Waals surface area contributed by atoms with Crippen LogP contribution < -0.4 is 15.5 Å². The lowest BCUT2D eigenvalue weighted by Gasteiger charge is -2.32. The number of nitrogens with one attached hydrogen (secondary N) is 2.